The molecule has 1 N–H and O–H groups in total. The van der Waals surface area contributed by atoms with Crippen LogP contribution >= 0.6 is 0 Å². The average molecular weight is 394 g/mol. The summed E-state index contributed by atoms with van der Waals surface area (Å²) in [6, 6.07) is 26.1. The molecule has 0 bridgehead atoms. The number of hydrogen-bond acceptors (Lipinski definition) is 3. The summed E-state index contributed by atoms with van der Waals surface area (Å²) in [6.45, 7) is 0.552. The highest BCUT2D eigenvalue weighted by Gasteiger charge is 2.43. The highest BCUT2D eigenvalue weighted by atomic mass is 16.5. The first kappa shape index (κ1) is 18.4. The Hall–Kier alpha value is -3.66. The third kappa shape index (κ3) is 4.03. The molecule has 1 heterocycles. The van der Waals surface area contributed by atoms with Gasteiger partial charge in [0.15, 0.2) is 0 Å². The molecule has 1 aliphatic carbocycles. The van der Waals surface area contributed by atoms with Crippen molar-refractivity contribution in [1.29, 1.82) is 0 Å². The van der Waals surface area contributed by atoms with E-state index in [0.29, 0.717) is 6.61 Å². The smallest absolute Gasteiger partial charge is 0.228 e. The highest BCUT2D eigenvalue weighted by molar-refractivity contribution is 5.97. The molecule has 1 fully saturated rings. The maximum absolute atomic E-state index is 12.7. The lowest BCUT2D eigenvalue weighted by Gasteiger charge is -2.08. The molecule has 0 spiro atoms. The van der Waals surface area contributed by atoms with Gasteiger partial charge in [-0.15, -0.1) is 0 Å². The van der Waals surface area contributed by atoms with Crippen LogP contribution in [0.5, 0.6) is 5.75 Å². The van der Waals surface area contributed by atoms with E-state index in [1.54, 1.807) is 6.20 Å². The minimum absolute atomic E-state index is 0.0224. The fraction of sp³-hybridized carbons (Fsp3) is 0.154. The van der Waals surface area contributed by atoms with Crippen LogP contribution in [0, 0.1) is 5.92 Å². The SMILES string of the molecule is O=C(Nc1ccc2cnccc2c1)C1CC1c1ccc(OCc2ccccc2)cc1. The number of hydrogen-bond donors (Lipinski definition) is 1. The summed E-state index contributed by atoms with van der Waals surface area (Å²) in [5.41, 5.74) is 3.16. The first-order valence-corrected chi connectivity index (χ1v) is 10.2. The van der Waals surface area contributed by atoms with Gasteiger partial charge in [-0.05, 0) is 59.2 Å². The summed E-state index contributed by atoms with van der Waals surface area (Å²) in [5.74, 6) is 1.22. The van der Waals surface area contributed by atoms with E-state index in [0.717, 1.165) is 34.2 Å². The predicted octanol–water partition coefficient (Wildman–Crippen LogP) is 5.56. The topological polar surface area (TPSA) is 51.2 Å². The van der Waals surface area contributed by atoms with Gasteiger partial charge in [-0.3, -0.25) is 9.78 Å². The van der Waals surface area contributed by atoms with Crippen molar-refractivity contribution in [2.75, 3.05) is 5.32 Å². The van der Waals surface area contributed by atoms with E-state index in [1.165, 1.54) is 5.56 Å². The van der Waals surface area contributed by atoms with E-state index in [2.05, 4.69) is 22.4 Å². The maximum Gasteiger partial charge on any atom is 0.228 e. The summed E-state index contributed by atoms with van der Waals surface area (Å²) in [6.07, 6.45) is 4.47. The first-order chi connectivity index (χ1) is 14.8. The van der Waals surface area contributed by atoms with Gasteiger partial charge in [-0.1, -0.05) is 48.5 Å². The Bertz CT molecular complexity index is 1170. The van der Waals surface area contributed by atoms with Gasteiger partial charge in [0.25, 0.3) is 0 Å². The summed E-state index contributed by atoms with van der Waals surface area (Å²) in [5, 5.41) is 5.20. The molecule has 0 aliphatic heterocycles. The normalized spacial score (nSPS) is 17.5. The molecule has 4 heteroatoms. The zero-order valence-electron chi connectivity index (χ0n) is 16.5. The molecule has 5 rings (SSSR count). The minimum atomic E-state index is 0.0224. The Balaban J connectivity index is 1.18. The Labute approximate surface area is 175 Å². The summed E-state index contributed by atoms with van der Waals surface area (Å²) in [7, 11) is 0. The Morgan fingerprint density at radius 3 is 2.63 bits per heavy atom. The largest absolute Gasteiger partial charge is 0.489 e. The minimum Gasteiger partial charge on any atom is -0.489 e. The number of benzene rings is 3. The molecule has 4 aromatic rings. The summed E-state index contributed by atoms with van der Waals surface area (Å²) in [4.78, 5) is 16.8. The number of amides is 1. The number of nitrogens with one attached hydrogen (secondary N) is 1. The first-order valence-electron chi connectivity index (χ1n) is 10.2. The van der Waals surface area contributed by atoms with Crippen LogP contribution < -0.4 is 10.1 Å². The van der Waals surface area contributed by atoms with E-state index >= 15 is 0 Å². The molecule has 1 amide bonds. The molecular formula is C26H22N2O2. The van der Waals surface area contributed by atoms with Crippen LogP contribution in [-0.4, -0.2) is 10.9 Å². The van der Waals surface area contributed by atoms with E-state index in [9.17, 15) is 4.79 Å². The number of carbonyl (C=O) groups excluding carboxylic acids is 1. The molecule has 0 saturated heterocycles. The number of pyridine rings is 1. The fourth-order valence-electron chi connectivity index (χ4n) is 3.80. The number of aromatic nitrogens is 1. The quantitative estimate of drug-likeness (QED) is 0.466. The van der Waals surface area contributed by atoms with Gasteiger partial charge in [-0.2, -0.15) is 0 Å². The van der Waals surface area contributed by atoms with E-state index in [-0.39, 0.29) is 17.7 Å². The van der Waals surface area contributed by atoms with Crippen LogP contribution in [0.1, 0.15) is 23.5 Å². The van der Waals surface area contributed by atoms with Gasteiger partial charge in [0.2, 0.25) is 5.91 Å². The predicted molar refractivity (Wildman–Crippen MR) is 118 cm³/mol. The van der Waals surface area contributed by atoms with Crippen LogP contribution in [0.3, 0.4) is 0 Å². The van der Waals surface area contributed by atoms with Crippen LogP contribution in [0.15, 0.2) is 91.3 Å². The van der Waals surface area contributed by atoms with Crippen molar-refractivity contribution in [2.24, 2.45) is 5.92 Å². The lowest BCUT2D eigenvalue weighted by molar-refractivity contribution is -0.117. The van der Waals surface area contributed by atoms with E-state index < -0.39 is 0 Å². The van der Waals surface area contributed by atoms with Crippen molar-refractivity contribution in [1.82, 2.24) is 4.98 Å². The summed E-state index contributed by atoms with van der Waals surface area (Å²) < 4.78 is 5.85. The second kappa shape index (κ2) is 7.99. The third-order valence-electron chi connectivity index (χ3n) is 5.59. The van der Waals surface area contributed by atoms with Crippen LogP contribution in [-0.2, 0) is 11.4 Å². The third-order valence-corrected chi connectivity index (χ3v) is 5.59. The van der Waals surface area contributed by atoms with Gasteiger partial charge in [0, 0.05) is 29.4 Å². The Kier molecular flexibility index (Phi) is 4.89. The molecule has 0 radical (unpaired) electrons. The molecule has 1 saturated carbocycles. The van der Waals surface area contributed by atoms with Crippen LogP contribution in [0.25, 0.3) is 10.8 Å². The van der Waals surface area contributed by atoms with Gasteiger partial charge in [0.1, 0.15) is 12.4 Å². The van der Waals surface area contributed by atoms with E-state index in [4.69, 9.17) is 4.74 Å². The standard InChI is InChI=1S/C26H22N2O2/c29-26(28-22-9-6-21-16-27-13-12-20(21)14-22)25-15-24(25)19-7-10-23(11-8-19)30-17-18-4-2-1-3-5-18/h1-14,16,24-25H,15,17H2,(H,28,29). The zero-order chi connectivity index (χ0) is 20.3. The lowest BCUT2D eigenvalue weighted by atomic mass is 10.1. The average Bonchev–Trinajstić information content (AvgIpc) is 3.60. The van der Waals surface area contributed by atoms with Crippen molar-refractivity contribution < 1.29 is 9.53 Å². The second-order valence-corrected chi connectivity index (χ2v) is 7.72. The van der Waals surface area contributed by atoms with Crippen molar-refractivity contribution in [3.63, 3.8) is 0 Å². The molecule has 148 valence electrons. The fourth-order valence-corrected chi connectivity index (χ4v) is 3.80. The molecule has 3 aromatic carbocycles. The number of fused-ring (bicyclic) bond motifs is 1. The number of rotatable bonds is 6. The van der Waals surface area contributed by atoms with Gasteiger partial charge < -0.3 is 10.1 Å². The number of carbonyl (C=O) groups is 1. The Morgan fingerprint density at radius 1 is 0.967 bits per heavy atom. The van der Waals surface area contributed by atoms with Gasteiger partial charge in [0.05, 0.1) is 0 Å². The van der Waals surface area contributed by atoms with Gasteiger partial charge >= 0.3 is 0 Å². The van der Waals surface area contributed by atoms with Crippen LogP contribution in [0.2, 0.25) is 0 Å². The molecule has 2 unspecified atom stereocenters. The zero-order valence-corrected chi connectivity index (χ0v) is 16.5. The number of nitrogens with zero attached hydrogens (tertiary/aromatic N) is 1. The number of ether oxygens (including phenoxy) is 1. The monoisotopic (exact) mass is 394 g/mol. The molecule has 30 heavy (non-hydrogen) atoms. The number of anilines is 1. The maximum atomic E-state index is 12.7. The van der Waals surface area contributed by atoms with E-state index in [1.807, 2.05) is 72.9 Å². The highest BCUT2D eigenvalue weighted by Crippen LogP contribution is 2.48. The van der Waals surface area contributed by atoms with Crippen LogP contribution in [0.4, 0.5) is 5.69 Å². The second-order valence-electron chi connectivity index (χ2n) is 7.72. The van der Waals surface area contributed by atoms with Crippen molar-refractivity contribution in [3.8, 4) is 5.75 Å². The van der Waals surface area contributed by atoms with Crippen molar-refractivity contribution >= 4 is 22.4 Å². The van der Waals surface area contributed by atoms with Crippen molar-refractivity contribution in [2.45, 2.75) is 18.9 Å². The molecule has 1 aliphatic rings. The molecular weight excluding hydrogens is 372 g/mol. The Morgan fingerprint density at radius 2 is 1.80 bits per heavy atom. The van der Waals surface area contributed by atoms with Gasteiger partial charge in [-0.25, -0.2) is 0 Å². The molecule has 4 nitrogen and oxygen atoms in total. The lowest BCUT2D eigenvalue weighted by Crippen LogP contribution is -2.14. The molecule has 1 aromatic heterocycles. The molecule has 2 atom stereocenters. The summed E-state index contributed by atoms with van der Waals surface area (Å²) >= 11 is 0. The van der Waals surface area contributed by atoms with Crippen molar-refractivity contribution in [3.05, 3.63) is 102 Å².